The van der Waals surface area contributed by atoms with Gasteiger partial charge in [-0.25, -0.2) is 9.59 Å². The molecule has 4 fully saturated rings. The van der Waals surface area contributed by atoms with E-state index >= 15 is 28.8 Å². The SMILES string of the molecule is Cc1cc(C(C)C)ccc1Oc1cc2c3c(cc(Oc4ccc(C(C)C)cc4C)c4c5c(Oc6ccc(C(C)C)cc6C)cc6c7c(cc(Oc8ccc(C(C)C)cc8C)c(c1c34)c75)C(=O)N(C(C(=O)OCCC(=O)OCC1CO1)C(C)C1CCCC1)C6=O)C(=O)N(C(C(=O)OCCC(=O)OCC1CO1)C(C)C1CCCC1)C2=O. The van der Waals surface area contributed by atoms with Crippen LogP contribution >= 0.6 is 0 Å². The number of epoxide rings is 2. The third-order valence-corrected chi connectivity index (χ3v) is 24.4. The van der Waals surface area contributed by atoms with Gasteiger partial charge in [-0.15, -0.1) is 0 Å². The van der Waals surface area contributed by atoms with Crippen molar-refractivity contribution in [1.82, 2.24) is 9.80 Å². The molecular formula is C94H102N2O18. The number of hydrogen-bond donors (Lipinski definition) is 0. The van der Waals surface area contributed by atoms with Gasteiger partial charge in [0.25, 0.3) is 23.6 Å². The van der Waals surface area contributed by atoms with Crippen molar-refractivity contribution in [3.05, 3.63) is 164 Å². The van der Waals surface area contributed by atoms with Crippen molar-refractivity contribution in [2.45, 2.75) is 209 Å². The van der Waals surface area contributed by atoms with E-state index in [0.29, 0.717) is 36.2 Å². The van der Waals surface area contributed by atoms with Crippen LogP contribution in [0.15, 0.2) is 97.1 Å². The smallest absolute Gasteiger partial charge is 0.329 e. The first kappa shape index (κ1) is 78.8. The van der Waals surface area contributed by atoms with Crippen molar-refractivity contribution in [1.29, 1.82) is 0 Å². The summed E-state index contributed by atoms with van der Waals surface area (Å²) in [5.74, 6) is -5.36. The van der Waals surface area contributed by atoms with Crippen LogP contribution in [0.5, 0.6) is 46.0 Å². The lowest BCUT2D eigenvalue weighted by atomic mass is 9.79. The van der Waals surface area contributed by atoms with Crippen molar-refractivity contribution < 1.29 is 85.7 Å². The van der Waals surface area contributed by atoms with Crippen LogP contribution in [0.1, 0.15) is 243 Å². The maximum Gasteiger partial charge on any atom is 0.329 e. The summed E-state index contributed by atoms with van der Waals surface area (Å²) in [7, 11) is 0. The van der Waals surface area contributed by atoms with Crippen LogP contribution in [0.4, 0.5) is 0 Å². The van der Waals surface area contributed by atoms with E-state index in [-0.39, 0.29) is 162 Å². The molecule has 6 aliphatic rings. The lowest BCUT2D eigenvalue weighted by Crippen LogP contribution is -2.55. The molecule has 20 nitrogen and oxygen atoms in total. The Labute approximate surface area is 665 Å². The molecule has 2 saturated carbocycles. The highest BCUT2D eigenvalue weighted by Gasteiger charge is 2.51. The second-order valence-corrected chi connectivity index (χ2v) is 33.6. The number of nitrogens with zero attached hydrogens (tertiary/aromatic N) is 2. The van der Waals surface area contributed by atoms with Gasteiger partial charge in [-0.05, 0) is 168 Å². The molecule has 15 rings (SSSR count). The maximum atomic E-state index is 16.9. The monoisotopic (exact) mass is 1550 g/mol. The Morgan fingerprint density at radius 1 is 0.360 bits per heavy atom. The molecule has 2 saturated heterocycles. The number of amides is 4. The van der Waals surface area contributed by atoms with Gasteiger partial charge < -0.3 is 47.4 Å². The zero-order chi connectivity index (χ0) is 80.6. The predicted octanol–water partition coefficient (Wildman–Crippen LogP) is 20.0. The zero-order valence-electron chi connectivity index (χ0n) is 67.7. The normalized spacial score (nSPS) is 18.0. The number of esters is 4. The van der Waals surface area contributed by atoms with Crippen LogP contribution in [-0.2, 0) is 47.6 Å². The standard InChI is InChI=1S/C94H102N2O18/c1-47(2)59-23-27-69(51(9)35-59)111-73-39-65-79-66(90(100)95(89(65)99)87(55(13)57-19-15-16-20-57)93(103)105-33-31-77(97)109-45-63-43-107-63)41-75(113-71-29-25-61(49(5)6)37-53(71)11)83-84-76(114-72-30-26-62(50(7)8)38-54(72)12)42-68-80-67(40-74(82(86(80)84)81(73)85(79)83)112-70-28-24-60(48(3)4)36-52(70)10)91(101)96(92(68)102)88(56(14)58-21-17-18-22-58)94(104)106-34-32-78(98)110-46-64-44-108-64/h23-30,35-42,47-50,55-58,63-64,87-88H,15-22,31-34,43-46H2,1-14H3. The Morgan fingerprint density at radius 2 is 0.623 bits per heavy atom. The molecule has 2 aliphatic carbocycles. The number of rotatable bonds is 30. The lowest BCUT2D eigenvalue weighted by molar-refractivity contribution is -0.155. The molecule has 4 heterocycles. The number of hydrogen-bond acceptors (Lipinski definition) is 18. The largest absolute Gasteiger partial charge is 0.464 e. The number of carbonyl (C=O) groups is 8. The van der Waals surface area contributed by atoms with E-state index in [9.17, 15) is 9.59 Å². The van der Waals surface area contributed by atoms with Crippen molar-refractivity contribution in [3.63, 3.8) is 0 Å². The summed E-state index contributed by atoms with van der Waals surface area (Å²) in [6.07, 6.45) is 5.40. The van der Waals surface area contributed by atoms with Gasteiger partial charge in [-0.1, -0.05) is 169 Å². The number of fused-ring (bicyclic) bond motifs is 2. The van der Waals surface area contributed by atoms with Crippen LogP contribution in [0, 0.1) is 51.4 Å². The molecule has 0 spiro atoms. The van der Waals surface area contributed by atoms with Crippen LogP contribution in [0.3, 0.4) is 0 Å². The van der Waals surface area contributed by atoms with Gasteiger partial charge in [-0.3, -0.25) is 38.6 Å². The Bertz CT molecular complexity index is 4780. The molecule has 0 radical (unpaired) electrons. The second kappa shape index (κ2) is 32.1. The third-order valence-electron chi connectivity index (χ3n) is 24.4. The summed E-state index contributed by atoms with van der Waals surface area (Å²) in [5.41, 5.74) is 7.03. The van der Waals surface area contributed by atoms with Crippen molar-refractivity contribution in [3.8, 4) is 46.0 Å². The Hall–Kier alpha value is -10.4. The van der Waals surface area contributed by atoms with E-state index in [1.807, 2.05) is 114 Å². The molecule has 20 heteroatoms. The topological polar surface area (TPSA) is 242 Å². The molecule has 4 amide bonds. The van der Waals surface area contributed by atoms with Crippen LogP contribution in [-0.4, -0.2) is 121 Å². The first-order valence-corrected chi connectivity index (χ1v) is 40.8. The highest BCUT2D eigenvalue weighted by Crippen LogP contribution is 2.59. The molecule has 0 aromatic heterocycles. The second-order valence-electron chi connectivity index (χ2n) is 33.6. The lowest BCUT2D eigenvalue weighted by Gasteiger charge is -2.39. The molecular weight excluding hydrogens is 1450 g/mol. The minimum absolute atomic E-state index is 0.0124. The van der Waals surface area contributed by atoms with Crippen LogP contribution in [0.2, 0.25) is 0 Å². The van der Waals surface area contributed by atoms with E-state index < -0.39 is 84.6 Å². The Kier molecular flexibility index (Phi) is 22.2. The van der Waals surface area contributed by atoms with Crippen molar-refractivity contribution in [2.24, 2.45) is 23.7 Å². The van der Waals surface area contributed by atoms with Gasteiger partial charge in [0.2, 0.25) is 0 Å². The van der Waals surface area contributed by atoms with Crippen molar-refractivity contribution in [2.75, 3.05) is 39.6 Å². The number of ether oxygens (including phenoxy) is 10. The fraction of sp³-hybridized carbons (Fsp3) is 0.447. The molecule has 114 heavy (non-hydrogen) atoms. The number of carbonyl (C=O) groups excluding carboxylic acids is 8. The van der Waals surface area contributed by atoms with Crippen molar-refractivity contribution >= 4 is 90.6 Å². The highest BCUT2D eigenvalue weighted by molar-refractivity contribution is 6.45. The van der Waals surface area contributed by atoms with E-state index in [2.05, 4.69) is 55.4 Å². The quantitative estimate of drug-likeness (QED) is 0.0101. The number of benzene rings is 9. The molecule has 4 aliphatic heterocycles. The average molecular weight is 1550 g/mol. The predicted molar refractivity (Wildman–Crippen MR) is 432 cm³/mol. The van der Waals surface area contributed by atoms with E-state index in [4.69, 9.17) is 47.4 Å². The van der Waals surface area contributed by atoms with Gasteiger partial charge in [-0.2, -0.15) is 0 Å². The molecule has 6 atom stereocenters. The Morgan fingerprint density at radius 3 is 0.860 bits per heavy atom. The van der Waals surface area contributed by atoms with Gasteiger partial charge in [0.05, 0.1) is 48.3 Å². The molecule has 9 aromatic rings. The first-order chi connectivity index (χ1) is 54.6. The average Bonchev–Trinajstić information content (AvgIpc) is 0.711. The fourth-order valence-electron chi connectivity index (χ4n) is 17.5. The minimum Gasteiger partial charge on any atom is -0.464 e. The minimum atomic E-state index is -1.51. The highest BCUT2D eigenvalue weighted by atomic mass is 16.6. The molecule has 596 valence electrons. The van der Waals surface area contributed by atoms with Crippen LogP contribution < -0.4 is 18.9 Å². The zero-order valence-corrected chi connectivity index (χ0v) is 67.7. The summed E-state index contributed by atoms with van der Waals surface area (Å²) in [5, 5.41) is 2.03. The first-order valence-electron chi connectivity index (χ1n) is 40.8. The molecule has 9 aromatic carbocycles. The third kappa shape index (κ3) is 15.2. The maximum absolute atomic E-state index is 16.9. The summed E-state index contributed by atoms with van der Waals surface area (Å²) in [6, 6.07) is 27.1. The van der Waals surface area contributed by atoms with Gasteiger partial charge in [0.15, 0.2) is 0 Å². The number of aryl methyl sites for hydroxylation is 4. The van der Waals surface area contributed by atoms with Gasteiger partial charge in [0.1, 0.15) is 96.7 Å². The number of imide groups is 2. The summed E-state index contributed by atoms with van der Waals surface area (Å²) in [4.78, 5) is 127. The Balaban J connectivity index is 1.06. The van der Waals surface area contributed by atoms with E-state index in [1.165, 1.54) is 0 Å². The van der Waals surface area contributed by atoms with Gasteiger partial charge in [0, 0.05) is 43.1 Å². The molecule has 0 bridgehead atoms. The summed E-state index contributed by atoms with van der Waals surface area (Å²) in [6.45, 7) is 28.6. The van der Waals surface area contributed by atoms with Crippen LogP contribution in [0.25, 0.3) is 43.1 Å². The summed E-state index contributed by atoms with van der Waals surface area (Å²) >= 11 is 0. The van der Waals surface area contributed by atoms with E-state index in [1.54, 1.807) is 24.3 Å². The molecule has 0 N–H and O–H groups in total. The van der Waals surface area contributed by atoms with Gasteiger partial charge >= 0.3 is 23.9 Å². The molecule has 6 unspecified atom stereocenters. The fourth-order valence-corrected chi connectivity index (χ4v) is 17.5. The van der Waals surface area contributed by atoms with E-state index in [0.717, 1.165) is 106 Å². The summed E-state index contributed by atoms with van der Waals surface area (Å²) < 4.78 is 63.6.